The molecule has 1 aliphatic carbocycles. The first-order chi connectivity index (χ1) is 13.2. The number of amides is 1. The summed E-state index contributed by atoms with van der Waals surface area (Å²) in [6, 6.07) is 6.98. The number of aromatic nitrogens is 2. The molecule has 10 heteroatoms. The Kier molecular flexibility index (Phi) is 5.24. The minimum Gasteiger partial charge on any atom is -0.392 e. The van der Waals surface area contributed by atoms with Gasteiger partial charge in [-0.1, -0.05) is 29.3 Å². The van der Waals surface area contributed by atoms with Crippen molar-refractivity contribution < 1.29 is 4.79 Å². The number of halogens is 2. The normalized spacial score (nSPS) is 21.8. The molecule has 8 nitrogen and oxygen atoms in total. The van der Waals surface area contributed by atoms with Gasteiger partial charge in [0.15, 0.2) is 0 Å². The molecule has 1 saturated carbocycles. The van der Waals surface area contributed by atoms with Crippen molar-refractivity contribution in [2.24, 2.45) is 5.73 Å². The highest BCUT2D eigenvalue weighted by Gasteiger charge is 2.39. The van der Waals surface area contributed by atoms with E-state index in [9.17, 15) is 19.6 Å². The van der Waals surface area contributed by atoms with Crippen LogP contribution in [0.1, 0.15) is 47.8 Å². The van der Waals surface area contributed by atoms with Gasteiger partial charge < -0.3 is 16.5 Å². The van der Waals surface area contributed by atoms with Gasteiger partial charge in [-0.25, -0.2) is 4.79 Å². The van der Waals surface area contributed by atoms with Crippen LogP contribution in [0.4, 0.5) is 5.69 Å². The van der Waals surface area contributed by atoms with E-state index in [1.807, 2.05) is 0 Å². The van der Waals surface area contributed by atoms with E-state index in [-0.39, 0.29) is 0 Å². The van der Waals surface area contributed by atoms with Gasteiger partial charge in [-0.05, 0) is 43.4 Å². The Morgan fingerprint density at radius 3 is 2.43 bits per heavy atom. The maximum atomic E-state index is 12.5. The molecule has 1 amide bonds. The van der Waals surface area contributed by atoms with Gasteiger partial charge in [-0.3, -0.25) is 14.2 Å². The molecule has 1 aromatic heterocycles. The van der Waals surface area contributed by atoms with Gasteiger partial charge in [-0.15, -0.1) is 0 Å². The van der Waals surface area contributed by atoms with Crippen molar-refractivity contribution in [3.63, 3.8) is 0 Å². The number of anilines is 1. The minimum absolute atomic E-state index is 0.360. The number of nitrogens with one attached hydrogen (secondary N) is 1. The van der Waals surface area contributed by atoms with E-state index in [4.69, 9.17) is 34.7 Å². The zero-order valence-corrected chi connectivity index (χ0v) is 16.2. The van der Waals surface area contributed by atoms with E-state index in [0.717, 1.165) is 10.1 Å². The third-order valence-electron chi connectivity index (χ3n) is 5.28. The van der Waals surface area contributed by atoms with Crippen LogP contribution in [0.3, 0.4) is 0 Å². The van der Waals surface area contributed by atoms with Gasteiger partial charge in [0.1, 0.15) is 11.4 Å². The third kappa shape index (κ3) is 3.28. The molecule has 1 fully saturated rings. The lowest BCUT2D eigenvalue weighted by molar-refractivity contribution is 0.0995. The van der Waals surface area contributed by atoms with Crippen LogP contribution in [-0.4, -0.2) is 15.5 Å². The van der Waals surface area contributed by atoms with Crippen molar-refractivity contribution in [1.29, 1.82) is 5.26 Å². The third-order valence-corrected chi connectivity index (χ3v) is 6.01. The van der Waals surface area contributed by atoms with Crippen LogP contribution in [0.15, 0.2) is 27.8 Å². The number of rotatable bonds is 3. The van der Waals surface area contributed by atoms with E-state index in [0.29, 0.717) is 35.7 Å². The maximum Gasteiger partial charge on any atom is 0.329 e. The van der Waals surface area contributed by atoms with E-state index >= 15 is 0 Å². The zero-order chi connectivity index (χ0) is 20.6. The summed E-state index contributed by atoms with van der Waals surface area (Å²) in [5.41, 5.74) is 8.45. The fraction of sp³-hybridized carbons (Fsp3) is 0.333. The van der Waals surface area contributed by atoms with Gasteiger partial charge in [-0.2, -0.15) is 5.26 Å². The van der Waals surface area contributed by atoms with Gasteiger partial charge in [0.05, 0.1) is 21.5 Å². The Hall–Kier alpha value is -2.76. The molecule has 1 heterocycles. The van der Waals surface area contributed by atoms with Crippen molar-refractivity contribution >= 4 is 34.8 Å². The molecular weight excluding hydrogens is 405 g/mol. The Morgan fingerprint density at radius 2 is 1.89 bits per heavy atom. The number of nitrogens with zero attached hydrogens (tertiary/aromatic N) is 2. The number of nitriles is 1. The number of carbonyl (C=O) groups excluding carboxylic acids is 1. The molecule has 0 saturated heterocycles. The highest BCUT2D eigenvalue weighted by Crippen LogP contribution is 2.43. The average molecular weight is 422 g/mol. The SMILES string of the molecule is N#CC1(c2ccc(Cl)c(Cl)c2)CCC(n2c(=O)[nH]c(C(N)=O)c(N)c2=O)CC1. The van der Waals surface area contributed by atoms with Crippen molar-refractivity contribution in [2.75, 3.05) is 5.73 Å². The summed E-state index contributed by atoms with van der Waals surface area (Å²) in [7, 11) is 0. The number of nitrogens with two attached hydrogens (primary N) is 2. The molecule has 5 N–H and O–H groups in total. The molecule has 0 atom stereocenters. The zero-order valence-electron chi connectivity index (χ0n) is 14.7. The van der Waals surface area contributed by atoms with Gasteiger partial charge in [0.2, 0.25) is 0 Å². The smallest absolute Gasteiger partial charge is 0.329 e. The van der Waals surface area contributed by atoms with Crippen LogP contribution < -0.4 is 22.7 Å². The summed E-state index contributed by atoms with van der Waals surface area (Å²) in [6.07, 6.45) is 1.61. The number of nitrogen functional groups attached to an aromatic ring is 1. The number of benzene rings is 1. The van der Waals surface area contributed by atoms with E-state index in [2.05, 4.69) is 11.1 Å². The number of H-pyrrole nitrogens is 1. The molecule has 0 aliphatic heterocycles. The second-order valence-electron chi connectivity index (χ2n) is 6.81. The number of hydrogen-bond donors (Lipinski definition) is 3. The first-order valence-electron chi connectivity index (χ1n) is 8.51. The lowest BCUT2D eigenvalue weighted by Gasteiger charge is -2.35. The van der Waals surface area contributed by atoms with E-state index in [1.54, 1.807) is 18.2 Å². The standard InChI is InChI=1S/C18H17Cl2N5O3/c19-11-2-1-9(7-12(11)20)18(8-21)5-3-10(4-6-18)25-16(27)13(22)14(15(23)26)24-17(25)28/h1-2,7,10H,3-6,22H2,(H2,23,26)(H,24,28). The molecule has 28 heavy (non-hydrogen) atoms. The van der Waals surface area contributed by atoms with Gasteiger partial charge in [0, 0.05) is 6.04 Å². The van der Waals surface area contributed by atoms with Crippen molar-refractivity contribution in [3.8, 4) is 6.07 Å². The Bertz CT molecular complexity index is 1110. The molecule has 1 aromatic carbocycles. The predicted octanol–water partition coefficient (Wildman–Crippen LogP) is 2.10. The van der Waals surface area contributed by atoms with E-state index in [1.165, 1.54) is 0 Å². The molecule has 2 aromatic rings. The molecule has 0 spiro atoms. The lowest BCUT2D eigenvalue weighted by Crippen LogP contribution is -2.44. The lowest BCUT2D eigenvalue weighted by atomic mass is 9.69. The van der Waals surface area contributed by atoms with Gasteiger partial charge >= 0.3 is 5.69 Å². The molecule has 0 bridgehead atoms. The van der Waals surface area contributed by atoms with Crippen molar-refractivity contribution in [3.05, 3.63) is 60.3 Å². The van der Waals surface area contributed by atoms with Gasteiger partial charge in [0.25, 0.3) is 11.5 Å². The van der Waals surface area contributed by atoms with Crippen LogP contribution in [0.2, 0.25) is 10.0 Å². The fourth-order valence-corrected chi connectivity index (χ4v) is 4.00. The van der Waals surface area contributed by atoms with Crippen LogP contribution in [-0.2, 0) is 5.41 Å². The topological polar surface area (TPSA) is 148 Å². The van der Waals surface area contributed by atoms with Crippen LogP contribution in [0.5, 0.6) is 0 Å². The van der Waals surface area contributed by atoms with Crippen LogP contribution in [0, 0.1) is 11.3 Å². The maximum absolute atomic E-state index is 12.5. The number of carbonyl (C=O) groups is 1. The van der Waals surface area contributed by atoms with Crippen LogP contribution in [0.25, 0.3) is 0 Å². The second-order valence-corrected chi connectivity index (χ2v) is 7.63. The Morgan fingerprint density at radius 1 is 1.25 bits per heavy atom. The van der Waals surface area contributed by atoms with Crippen molar-refractivity contribution in [2.45, 2.75) is 37.1 Å². The average Bonchev–Trinajstić information content (AvgIpc) is 2.67. The molecule has 146 valence electrons. The largest absolute Gasteiger partial charge is 0.392 e. The monoisotopic (exact) mass is 421 g/mol. The second kappa shape index (κ2) is 7.34. The number of hydrogen-bond acceptors (Lipinski definition) is 5. The minimum atomic E-state index is -0.981. The fourth-order valence-electron chi connectivity index (χ4n) is 3.70. The summed E-state index contributed by atoms with van der Waals surface area (Å²) < 4.78 is 0.998. The molecule has 0 unspecified atom stereocenters. The highest BCUT2D eigenvalue weighted by molar-refractivity contribution is 6.42. The van der Waals surface area contributed by atoms with Crippen molar-refractivity contribution in [1.82, 2.24) is 9.55 Å². The van der Waals surface area contributed by atoms with E-state index < -0.39 is 40.0 Å². The number of primary amides is 1. The quantitative estimate of drug-likeness (QED) is 0.693. The summed E-state index contributed by atoms with van der Waals surface area (Å²) >= 11 is 12.1. The summed E-state index contributed by atoms with van der Waals surface area (Å²) in [5, 5.41) is 10.6. The summed E-state index contributed by atoms with van der Waals surface area (Å²) in [4.78, 5) is 38.4. The summed E-state index contributed by atoms with van der Waals surface area (Å²) in [5.74, 6) is -0.981. The highest BCUT2D eigenvalue weighted by atomic mass is 35.5. The Balaban J connectivity index is 1.93. The Labute approximate surface area is 169 Å². The van der Waals surface area contributed by atoms with Crippen LogP contribution >= 0.6 is 23.2 Å². The molecule has 3 rings (SSSR count). The molecule has 0 radical (unpaired) electrons. The first-order valence-corrected chi connectivity index (χ1v) is 9.26. The first kappa shape index (κ1) is 20.0. The predicted molar refractivity (Wildman–Crippen MR) is 106 cm³/mol. The molecule has 1 aliphatic rings. The number of aromatic amines is 1. The summed E-state index contributed by atoms with van der Waals surface area (Å²) in [6.45, 7) is 0. The molecular formula is C18H17Cl2N5O3.